The number of hydrogen-bond acceptors (Lipinski definition) is 17. The van der Waals surface area contributed by atoms with Gasteiger partial charge >= 0.3 is 34.8 Å². The van der Waals surface area contributed by atoms with Gasteiger partial charge in [0.05, 0.1) is 59.7 Å². The van der Waals surface area contributed by atoms with Crippen molar-refractivity contribution in [2.24, 2.45) is 0 Å². The van der Waals surface area contributed by atoms with Crippen LogP contribution in [0.1, 0.15) is 92.3 Å². The van der Waals surface area contributed by atoms with E-state index in [2.05, 4.69) is 174 Å². The first-order chi connectivity index (χ1) is 48.9. The molecule has 6 aromatic heterocycles. The first-order valence-corrected chi connectivity index (χ1v) is 46.8. The molecule has 18 nitrogen and oxygen atoms in total. The van der Waals surface area contributed by atoms with Crippen LogP contribution < -0.4 is 46.4 Å². The van der Waals surface area contributed by atoms with Crippen molar-refractivity contribution in [2.45, 2.75) is 78.7 Å². The van der Waals surface area contributed by atoms with Crippen molar-refractivity contribution in [3.63, 3.8) is 0 Å². The van der Waals surface area contributed by atoms with Crippen LogP contribution in [0, 0.1) is 18.6 Å². The number of ketones is 1. The second-order valence-electron chi connectivity index (χ2n) is 19.3. The number of aldehydes is 1. The van der Waals surface area contributed by atoms with E-state index < -0.39 is 5.20 Å². The number of anilines is 1. The van der Waals surface area contributed by atoms with Gasteiger partial charge in [0.25, 0.3) is 11.1 Å². The first-order valence-electron chi connectivity index (χ1n) is 29.9. The zero-order valence-corrected chi connectivity index (χ0v) is 77.9. The Morgan fingerprint density at radius 3 is 1.34 bits per heavy atom. The van der Waals surface area contributed by atoms with Crippen LogP contribution in [0.2, 0.25) is 20.1 Å². The average molecular weight is 2010 g/mol. The Morgan fingerprint density at radius 1 is 0.654 bits per heavy atom. The molecule has 107 heavy (non-hydrogen) atoms. The molecule has 0 amide bonds. The van der Waals surface area contributed by atoms with Crippen LogP contribution in [0.3, 0.4) is 0 Å². The van der Waals surface area contributed by atoms with Crippen LogP contribution >= 0.6 is 211 Å². The average Bonchev–Trinajstić information content (AvgIpc) is 0.836. The van der Waals surface area contributed by atoms with Gasteiger partial charge in [-0.15, -0.1) is 35.6 Å². The molecule has 0 saturated carbocycles. The van der Waals surface area contributed by atoms with E-state index >= 15 is 0 Å². The van der Waals surface area contributed by atoms with E-state index in [-0.39, 0.29) is 98.7 Å². The number of hydrogen-bond donors (Lipinski definition) is 7. The number of Topliss-reactive ketones (excluding diaryl/α,β-unsaturated/α-hetero) is 1. The number of thioether (sulfide) groups is 1. The molecule has 38 heteroatoms. The number of aliphatic hydroxyl groups is 3. The Bertz CT molecular complexity index is 4460. The fourth-order valence-electron chi connectivity index (χ4n) is 7.80. The van der Waals surface area contributed by atoms with Gasteiger partial charge < -0.3 is 37.3 Å². The maximum absolute atomic E-state index is 11.4. The smallest absolute Gasteiger partial charge is 1.00 e. The van der Waals surface area contributed by atoms with Crippen molar-refractivity contribution >= 4 is 281 Å². The molecule has 0 aliphatic carbocycles. The summed E-state index contributed by atoms with van der Waals surface area (Å²) >= 11 is 67.0. The van der Waals surface area contributed by atoms with Gasteiger partial charge in [0.1, 0.15) is 4.03 Å². The number of fused-ring (bicyclic) bond motifs is 4. The molecule has 0 spiro atoms. The summed E-state index contributed by atoms with van der Waals surface area (Å²) in [5.74, 6) is 0.612. The van der Waals surface area contributed by atoms with E-state index in [1.807, 2.05) is 103 Å². The molecule has 0 saturated heterocycles. The number of para-hydroxylation sites is 5. The number of nitrogen functional groups attached to an aromatic ring is 1. The zero-order chi connectivity index (χ0) is 78.2. The third kappa shape index (κ3) is 47.8. The topological polar surface area (TPSA) is 287 Å². The minimum absolute atomic E-state index is 0. The number of aliphatic hydroxyl groups excluding tert-OH is 3. The number of carbonyl (C=O) groups is 2. The molecule has 0 bridgehead atoms. The number of nitrogens with one attached hydrogen (secondary N) is 3. The Kier molecular flexibility index (Phi) is 69.7. The molecule has 579 valence electrons. The molecule has 0 aliphatic heterocycles. The Balaban J connectivity index is -0.000000274. The third-order valence-corrected chi connectivity index (χ3v) is 15.8. The number of halogens is 14. The monoisotopic (exact) mass is 2000 g/mol. The van der Waals surface area contributed by atoms with Gasteiger partial charge in [-0.2, -0.15) is 0 Å². The van der Waals surface area contributed by atoms with Gasteiger partial charge in [-0.1, -0.05) is 187 Å². The van der Waals surface area contributed by atoms with Crippen molar-refractivity contribution < 1.29 is 60.5 Å². The number of aryl methyl sites for hydroxylation is 2. The summed E-state index contributed by atoms with van der Waals surface area (Å²) in [6, 6.07) is 40.6. The number of nitrogens with zero attached hydrogens (tertiary/aromatic N) is 6. The maximum atomic E-state index is 11.4. The summed E-state index contributed by atoms with van der Waals surface area (Å²) in [6.45, 7) is 17.1. The number of rotatable bonds is 10. The van der Waals surface area contributed by atoms with Crippen molar-refractivity contribution in [1.29, 1.82) is 0 Å². The van der Waals surface area contributed by atoms with E-state index in [1.54, 1.807) is 57.6 Å². The normalized spacial score (nSPS) is 9.59. The van der Waals surface area contributed by atoms with Gasteiger partial charge in [-0.25, -0.2) is 4.98 Å². The van der Waals surface area contributed by atoms with Gasteiger partial charge in [0.15, 0.2) is 22.0 Å². The van der Waals surface area contributed by atoms with E-state index in [9.17, 15) is 23.7 Å². The van der Waals surface area contributed by atoms with Crippen molar-refractivity contribution in [3.8, 4) is 0 Å². The fourth-order valence-corrected chi connectivity index (χ4v) is 10.7. The summed E-state index contributed by atoms with van der Waals surface area (Å²) in [5, 5.41) is 28.0. The van der Waals surface area contributed by atoms with Crippen LogP contribution in [-0.4, -0.2) is 119 Å². The molecule has 0 fully saturated rings. The second-order valence-corrected chi connectivity index (χ2v) is 45.5. The predicted octanol–water partition coefficient (Wildman–Crippen LogP) is 21.0. The van der Waals surface area contributed by atoms with Gasteiger partial charge in [0.2, 0.25) is 0 Å². The summed E-state index contributed by atoms with van der Waals surface area (Å²) in [4.78, 5) is 74.8. The quantitative estimate of drug-likeness (QED) is 0.00771. The summed E-state index contributed by atoms with van der Waals surface area (Å²) in [5.41, 5.74) is 14.3. The largest absolute Gasteiger partial charge is 1.00 e. The number of H-pyrrole nitrogens is 3. The van der Waals surface area contributed by atoms with Crippen LogP contribution in [0.15, 0.2) is 173 Å². The van der Waals surface area contributed by atoms with Crippen LogP contribution in [-0.2, 0) is 22.3 Å². The maximum Gasteiger partial charge on any atom is 1.00 e. The molecular weight excluding hydrogens is 1930 g/mol. The predicted molar refractivity (Wildman–Crippen MR) is 479 cm³/mol. The third-order valence-electron chi connectivity index (χ3n) is 12.3. The molecule has 3 radical (unpaired) electrons. The van der Waals surface area contributed by atoms with Gasteiger partial charge in [-0.3, -0.25) is 48.7 Å². The summed E-state index contributed by atoms with van der Waals surface area (Å²) in [6.07, 6.45) is 7.37. The minimum atomic E-state index is -3.22. The molecule has 6 heterocycles. The SMILES string of the molecule is BrP(Br)Br.C.CC(=O)c1ccccc1N.CCN(CC)CC.CCO.CO.Cc1cc(=O)[nH]c(=S)[nH]1.Cc1cc(=O)[nH]c(SCc2cnc3ccccc3c2Cl)n1.Cl.ClCCl.Clc1c(CBr)cnc2ccccc12.O=Cc1cnc2ccccc2c1Cl.O=P(Cl)(Cl)Cl.OCc1cnc2ccccc2c1Cl.[B].[H-].[Na+]. The van der Waals surface area contributed by atoms with Gasteiger partial charge in [-0.05, 0) is 176 Å². The molecule has 5 aromatic carbocycles. The first kappa shape index (κ1) is 113. The van der Waals surface area contributed by atoms with Crippen molar-refractivity contribution in [3.05, 3.63) is 243 Å². The van der Waals surface area contributed by atoms with Crippen molar-refractivity contribution in [1.82, 2.24) is 44.8 Å². The number of aromatic amines is 3. The summed E-state index contributed by atoms with van der Waals surface area (Å²) in [7, 11) is 1.00. The Morgan fingerprint density at radius 2 is 1.00 bits per heavy atom. The Hall–Kier alpha value is -2.41. The van der Waals surface area contributed by atoms with E-state index in [1.165, 1.54) is 56.6 Å². The number of pyridine rings is 4. The fraction of sp³-hybridized carbons (Fsp3) is 0.246. The van der Waals surface area contributed by atoms with Gasteiger partial charge in [0, 0.05) is 131 Å². The molecule has 0 aliphatic rings. The van der Waals surface area contributed by atoms with Crippen LogP contribution in [0.4, 0.5) is 5.69 Å². The van der Waals surface area contributed by atoms with E-state index in [0.29, 0.717) is 65.1 Å². The zero-order valence-electron chi connectivity index (χ0n) is 59.5. The Labute approximate surface area is 743 Å². The molecule has 0 unspecified atom stereocenters. The number of alkyl halides is 3. The number of nitrogens with two attached hydrogens (primary N) is 1. The molecule has 8 N–H and O–H groups in total. The summed E-state index contributed by atoms with van der Waals surface area (Å²) < 4.78 is 9.70. The second kappa shape index (κ2) is 65.9. The molecule has 11 rings (SSSR count). The number of carbonyl (C=O) groups excluding carboxylic acids is 2. The molecule has 11 aromatic rings. The number of aromatic nitrogens is 8. The molecular formula is C69H81BBr4Cl10N10NaO8P2S2. The standard InChI is InChI=1S/C15H12ClN3OS.C10H7BrClN.C10H8ClNO.C10H6ClNO.C8H9NO.C6H15N.C5H6N2OS.C2H6O.CH2Cl2.CH4O.CH4.B.Br3P.Cl3OP.ClH.Na.H/c1-9-6-13(20)19-15(18-9)21-8-10-7-17-12-5-3-2-4-11(12)14(10)16;11-5-7-6-13-9-4-2-1-3-8(9)10(7)12;2*11-10-7(6-13)5-12-9-4-2-1-3-8(9)10;1-6(10)7-4-2-3-5-8(7)9;1-4-7(5-2)6-3;1-3-2-4(8)7-5(9)6-3;1-2-3;2-1-3;1-2;;;1-4(2)3;1-5(2,3)4;;;/h2-7H,8H2,1H3,(H,18,19,20);1-4,6H,5H2;1-5,13H,6H2;1-6H;2-5H,9H2,1H3;4-6H2,1-3H3;2H,1H3,(H2,6,7,8,9);3H,2H2,1H3;1H2;2H,1H3;1H4;;;;1H;;/q;;;;;;;;;;;;;;;+1;-1. The van der Waals surface area contributed by atoms with E-state index in [0.717, 1.165) is 77.9 Å². The number of benzene rings is 5. The van der Waals surface area contributed by atoms with Crippen molar-refractivity contribution in [2.75, 3.05) is 44.4 Å². The molecule has 0 atom stereocenters. The van der Waals surface area contributed by atoms with E-state index in [4.69, 9.17) is 90.7 Å². The van der Waals surface area contributed by atoms with Crippen LogP contribution in [0.25, 0.3) is 43.6 Å². The van der Waals surface area contributed by atoms with Crippen LogP contribution in [0.5, 0.6) is 0 Å². The minimum Gasteiger partial charge on any atom is -1.00 e.